The van der Waals surface area contributed by atoms with Gasteiger partial charge in [0.15, 0.2) is 0 Å². The maximum absolute atomic E-state index is 13.2. The third-order valence-corrected chi connectivity index (χ3v) is 3.54. The SMILES string of the molecule is Cc1ccc(CC(O)c2ccc(F)c(C)c2)c(Cl)c1. The molecule has 0 aliphatic rings. The molecule has 0 radical (unpaired) electrons. The normalized spacial score (nSPS) is 12.5. The van der Waals surface area contributed by atoms with E-state index in [1.54, 1.807) is 19.1 Å². The maximum atomic E-state index is 13.2. The lowest BCUT2D eigenvalue weighted by atomic mass is 9.99. The first-order chi connectivity index (χ1) is 8.97. The minimum absolute atomic E-state index is 0.260. The van der Waals surface area contributed by atoms with Gasteiger partial charge in [0.05, 0.1) is 6.10 Å². The highest BCUT2D eigenvalue weighted by Crippen LogP contribution is 2.25. The first kappa shape index (κ1) is 14.0. The summed E-state index contributed by atoms with van der Waals surface area (Å²) >= 11 is 6.15. The Labute approximate surface area is 117 Å². The van der Waals surface area contributed by atoms with Crippen molar-refractivity contribution in [2.45, 2.75) is 26.4 Å². The van der Waals surface area contributed by atoms with E-state index in [2.05, 4.69) is 0 Å². The van der Waals surface area contributed by atoms with Crippen LogP contribution in [0.1, 0.15) is 28.4 Å². The predicted octanol–water partition coefficient (Wildman–Crippen LogP) is 4.37. The molecule has 0 heterocycles. The van der Waals surface area contributed by atoms with Crippen LogP contribution in [0, 0.1) is 19.7 Å². The van der Waals surface area contributed by atoms with Crippen LogP contribution in [0.25, 0.3) is 0 Å². The van der Waals surface area contributed by atoms with Crippen molar-refractivity contribution in [1.82, 2.24) is 0 Å². The van der Waals surface area contributed by atoms with Crippen LogP contribution >= 0.6 is 11.6 Å². The molecule has 0 fully saturated rings. The van der Waals surface area contributed by atoms with Gasteiger partial charge in [-0.2, -0.15) is 0 Å². The van der Waals surface area contributed by atoms with Crippen molar-refractivity contribution in [2.24, 2.45) is 0 Å². The number of hydrogen-bond acceptors (Lipinski definition) is 1. The molecular weight excluding hydrogens is 263 g/mol. The van der Waals surface area contributed by atoms with Crippen LogP contribution in [0.15, 0.2) is 36.4 Å². The first-order valence-electron chi connectivity index (χ1n) is 6.16. The van der Waals surface area contributed by atoms with Gasteiger partial charge < -0.3 is 5.11 Å². The second-order valence-electron chi connectivity index (χ2n) is 4.82. The number of rotatable bonds is 3. The molecule has 3 heteroatoms. The second kappa shape index (κ2) is 5.72. The lowest BCUT2D eigenvalue weighted by Gasteiger charge is -2.13. The van der Waals surface area contributed by atoms with Crippen LogP contribution in [0.2, 0.25) is 5.02 Å². The van der Waals surface area contributed by atoms with Gasteiger partial charge in [-0.15, -0.1) is 0 Å². The molecule has 100 valence electrons. The Morgan fingerprint density at radius 3 is 2.53 bits per heavy atom. The van der Waals surface area contributed by atoms with Gasteiger partial charge in [0.1, 0.15) is 5.82 Å². The molecule has 0 saturated heterocycles. The Bertz CT molecular complexity index is 595. The number of benzene rings is 2. The summed E-state index contributed by atoms with van der Waals surface area (Å²) in [5.41, 5.74) is 3.21. The van der Waals surface area contributed by atoms with Crippen molar-refractivity contribution < 1.29 is 9.50 Å². The Morgan fingerprint density at radius 1 is 1.16 bits per heavy atom. The van der Waals surface area contributed by atoms with Gasteiger partial charge in [-0.25, -0.2) is 4.39 Å². The second-order valence-corrected chi connectivity index (χ2v) is 5.23. The average Bonchev–Trinajstić information content (AvgIpc) is 2.36. The highest BCUT2D eigenvalue weighted by molar-refractivity contribution is 6.31. The molecule has 1 unspecified atom stereocenters. The summed E-state index contributed by atoms with van der Waals surface area (Å²) in [5.74, 6) is -0.260. The standard InChI is InChI=1S/C16H16ClFO/c1-10-3-4-12(14(17)7-10)9-16(19)13-5-6-15(18)11(2)8-13/h3-8,16,19H,9H2,1-2H3. The minimum Gasteiger partial charge on any atom is -0.388 e. The largest absolute Gasteiger partial charge is 0.388 e. The van der Waals surface area contributed by atoms with Crippen molar-refractivity contribution in [3.05, 3.63) is 69.5 Å². The summed E-state index contributed by atoms with van der Waals surface area (Å²) < 4.78 is 13.2. The lowest BCUT2D eigenvalue weighted by molar-refractivity contribution is 0.178. The zero-order chi connectivity index (χ0) is 14.0. The summed E-state index contributed by atoms with van der Waals surface area (Å²) in [5, 5.41) is 10.9. The van der Waals surface area contributed by atoms with E-state index >= 15 is 0 Å². The Hall–Kier alpha value is -1.38. The van der Waals surface area contributed by atoms with Gasteiger partial charge in [-0.3, -0.25) is 0 Å². The molecule has 0 bridgehead atoms. The Kier molecular flexibility index (Phi) is 4.23. The Balaban J connectivity index is 2.20. The number of aliphatic hydroxyl groups is 1. The number of aliphatic hydroxyl groups excluding tert-OH is 1. The molecular formula is C16H16ClFO. The topological polar surface area (TPSA) is 20.2 Å². The molecule has 2 rings (SSSR count). The lowest BCUT2D eigenvalue weighted by Crippen LogP contribution is -2.03. The van der Waals surface area contributed by atoms with Crippen LogP contribution < -0.4 is 0 Å². The fraction of sp³-hybridized carbons (Fsp3) is 0.250. The van der Waals surface area contributed by atoms with Crippen LogP contribution in [-0.4, -0.2) is 5.11 Å². The molecule has 0 aliphatic carbocycles. The highest BCUT2D eigenvalue weighted by Gasteiger charge is 2.12. The van der Waals surface area contributed by atoms with Crippen LogP contribution in [0.5, 0.6) is 0 Å². The van der Waals surface area contributed by atoms with Gasteiger partial charge in [0.2, 0.25) is 0 Å². The number of aryl methyl sites for hydroxylation is 2. The minimum atomic E-state index is -0.681. The summed E-state index contributed by atoms with van der Waals surface area (Å²) in [7, 11) is 0. The monoisotopic (exact) mass is 278 g/mol. The molecule has 0 amide bonds. The van der Waals surface area contributed by atoms with Gasteiger partial charge >= 0.3 is 0 Å². The summed E-state index contributed by atoms with van der Waals surface area (Å²) in [6, 6.07) is 10.4. The number of halogens is 2. The zero-order valence-electron chi connectivity index (χ0n) is 11.0. The van der Waals surface area contributed by atoms with Crippen LogP contribution in [-0.2, 0) is 6.42 Å². The molecule has 19 heavy (non-hydrogen) atoms. The van der Waals surface area contributed by atoms with Crippen molar-refractivity contribution in [1.29, 1.82) is 0 Å². The molecule has 1 N–H and O–H groups in total. The van der Waals surface area contributed by atoms with Crippen molar-refractivity contribution in [3.63, 3.8) is 0 Å². The Morgan fingerprint density at radius 2 is 1.89 bits per heavy atom. The van der Waals surface area contributed by atoms with Crippen LogP contribution in [0.4, 0.5) is 4.39 Å². The maximum Gasteiger partial charge on any atom is 0.126 e. The van der Waals surface area contributed by atoms with Crippen molar-refractivity contribution in [3.8, 4) is 0 Å². The van der Waals surface area contributed by atoms with Crippen LogP contribution in [0.3, 0.4) is 0 Å². The fourth-order valence-electron chi connectivity index (χ4n) is 2.02. The number of hydrogen-bond donors (Lipinski definition) is 1. The predicted molar refractivity (Wildman–Crippen MR) is 76.0 cm³/mol. The van der Waals surface area contributed by atoms with E-state index in [4.69, 9.17) is 11.6 Å². The van der Waals surface area contributed by atoms with E-state index in [-0.39, 0.29) is 5.82 Å². The molecule has 0 aromatic heterocycles. The first-order valence-corrected chi connectivity index (χ1v) is 6.54. The fourth-order valence-corrected chi connectivity index (χ4v) is 2.33. The quantitative estimate of drug-likeness (QED) is 0.884. The van der Waals surface area contributed by atoms with E-state index in [9.17, 15) is 9.50 Å². The summed E-state index contributed by atoms with van der Waals surface area (Å²) in [6.07, 6.45) is -0.260. The third kappa shape index (κ3) is 3.34. The van der Waals surface area contributed by atoms with Gasteiger partial charge in [0, 0.05) is 11.4 Å². The van der Waals surface area contributed by atoms with E-state index in [1.165, 1.54) is 6.07 Å². The smallest absolute Gasteiger partial charge is 0.126 e. The average molecular weight is 279 g/mol. The van der Waals surface area contributed by atoms with Crippen molar-refractivity contribution in [2.75, 3.05) is 0 Å². The van der Waals surface area contributed by atoms with Gasteiger partial charge in [-0.1, -0.05) is 35.9 Å². The van der Waals surface area contributed by atoms with E-state index in [1.807, 2.05) is 25.1 Å². The zero-order valence-corrected chi connectivity index (χ0v) is 11.7. The highest BCUT2D eigenvalue weighted by atomic mass is 35.5. The third-order valence-electron chi connectivity index (χ3n) is 3.19. The molecule has 0 aliphatic heterocycles. The van der Waals surface area contributed by atoms with E-state index < -0.39 is 6.10 Å². The van der Waals surface area contributed by atoms with E-state index in [0.717, 1.165) is 11.1 Å². The molecule has 1 atom stereocenters. The molecule has 2 aromatic carbocycles. The molecule has 0 spiro atoms. The molecule has 2 aromatic rings. The van der Waals surface area contributed by atoms with Crippen molar-refractivity contribution >= 4 is 11.6 Å². The molecule has 0 saturated carbocycles. The summed E-state index contributed by atoms with van der Waals surface area (Å²) in [4.78, 5) is 0. The summed E-state index contributed by atoms with van der Waals surface area (Å²) in [6.45, 7) is 3.65. The van der Waals surface area contributed by atoms with Gasteiger partial charge in [-0.05, 0) is 48.2 Å². The van der Waals surface area contributed by atoms with E-state index in [0.29, 0.717) is 22.6 Å². The van der Waals surface area contributed by atoms with Gasteiger partial charge in [0.25, 0.3) is 0 Å². The molecule has 1 nitrogen and oxygen atoms in total.